The van der Waals surface area contributed by atoms with Gasteiger partial charge in [-0.05, 0) is 25.0 Å². The largest absolute Gasteiger partial charge is 0.334 e. The van der Waals surface area contributed by atoms with Crippen molar-refractivity contribution in [2.24, 2.45) is 0 Å². The number of carbonyl (C=O) groups is 4. The van der Waals surface area contributed by atoms with Gasteiger partial charge in [0, 0.05) is 12.2 Å². The summed E-state index contributed by atoms with van der Waals surface area (Å²) in [4.78, 5) is 52.3. The molecule has 2 fully saturated rings. The minimum atomic E-state index is -3.26. The smallest absolute Gasteiger partial charge is 0.307 e. The number of para-hydroxylation sites is 1. The molecule has 2 heterocycles. The zero-order valence-electron chi connectivity index (χ0n) is 15.4. The number of anilines is 1. The van der Waals surface area contributed by atoms with E-state index in [-0.39, 0.29) is 24.5 Å². The molecule has 0 aromatic heterocycles. The first kappa shape index (κ1) is 20.0. The van der Waals surface area contributed by atoms with Gasteiger partial charge >= 0.3 is 17.8 Å². The molecular weight excluding hydrogens is 386 g/mol. The van der Waals surface area contributed by atoms with E-state index in [0.717, 1.165) is 4.90 Å². The normalized spacial score (nSPS) is 21.5. The predicted octanol–water partition coefficient (Wildman–Crippen LogP) is 0.407. The zero-order valence-corrected chi connectivity index (χ0v) is 16.2. The molecule has 1 aromatic carbocycles. The van der Waals surface area contributed by atoms with Crippen LogP contribution in [0.4, 0.5) is 10.5 Å². The molecule has 5 amide bonds. The lowest BCUT2D eigenvalue weighted by molar-refractivity contribution is -0.143. The maximum atomic E-state index is 13.0. The number of hydrogen-bond acceptors (Lipinski definition) is 6. The standard InChI is InChI=1S/C18H21N3O6S/c1-2-9-19-16(23)17(24)20(18(19)25)11-15(22)21(13-6-4-3-5-7-13)14-8-10-28(26,27)12-14/h3-7,14H,2,8-12H2,1H3/t14-/m0/s1. The first-order valence-electron chi connectivity index (χ1n) is 9.00. The van der Waals surface area contributed by atoms with Gasteiger partial charge in [-0.2, -0.15) is 0 Å². The molecule has 2 aliphatic rings. The fourth-order valence-corrected chi connectivity index (χ4v) is 5.15. The first-order valence-corrected chi connectivity index (χ1v) is 10.8. The Morgan fingerprint density at radius 2 is 1.75 bits per heavy atom. The molecule has 3 rings (SSSR count). The highest BCUT2D eigenvalue weighted by Crippen LogP contribution is 2.25. The highest BCUT2D eigenvalue weighted by Gasteiger charge is 2.46. The fraction of sp³-hybridized carbons (Fsp3) is 0.444. The first-order chi connectivity index (χ1) is 13.2. The Kier molecular flexibility index (Phi) is 5.50. The van der Waals surface area contributed by atoms with E-state index in [4.69, 9.17) is 0 Å². The number of carbonyl (C=O) groups excluding carboxylic acids is 4. The predicted molar refractivity (Wildman–Crippen MR) is 100 cm³/mol. The minimum absolute atomic E-state index is 0.0291. The van der Waals surface area contributed by atoms with Crippen molar-refractivity contribution in [3.05, 3.63) is 30.3 Å². The van der Waals surface area contributed by atoms with Crippen LogP contribution in [-0.4, -0.2) is 72.6 Å². The lowest BCUT2D eigenvalue weighted by Gasteiger charge is -2.29. The van der Waals surface area contributed by atoms with Crippen LogP contribution in [0.25, 0.3) is 0 Å². The maximum Gasteiger partial charge on any atom is 0.334 e. The highest BCUT2D eigenvalue weighted by atomic mass is 32.2. The molecule has 0 saturated carbocycles. The number of amides is 5. The van der Waals surface area contributed by atoms with Gasteiger partial charge in [-0.25, -0.2) is 18.1 Å². The number of hydrogen-bond donors (Lipinski definition) is 0. The molecule has 0 spiro atoms. The lowest BCUT2D eigenvalue weighted by Crippen LogP contribution is -2.48. The Hall–Kier alpha value is -2.75. The highest BCUT2D eigenvalue weighted by molar-refractivity contribution is 7.91. The third-order valence-electron chi connectivity index (χ3n) is 4.75. The molecule has 0 N–H and O–H groups in total. The van der Waals surface area contributed by atoms with Crippen molar-refractivity contribution in [2.75, 3.05) is 29.5 Å². The van der Waals surface area contributed by atoms with Crippen LogP contribution in [-0.2, 0) is 24.2 Å². The molecule has 0 bridgehead atoms. The van der Waals surface area contributed by atoms with Crippen LogP contribution in [0.5, 0.6) is 0 Å². The summed E-state index contributed by atoms with van der Waals surface area (Å²) in [6.07, 6.45) is 0.758. The van der Waals surface area contributed by atoms with Crippen LogP contribution in [0.3, 0.4) is 0 Å². The molecule has 1 aromatic rings. The quantitative estimate of drug-likeness (QED) is 0.499. The number of rotatable bonds is 6. The van der Waals surface area contributed by atoms with Crippen molar-refractivity contribution in [1.82, 2.24) is 9.80 Å². The third-order valence-corrected chi connectivity index (χ3v) is 6.50. The number of urea groups is 1. The monoisotopic (exact) mass is 407 g/mol. The van der Waals surface area contributed by atoms with Crippen LogP contribution < -0.4 is 4.90 Å². The van der Waals surface area contributed by atoms with E-state index in [1.54, 1.807) is 37.3 Å². The van der Waals surface area contributed by atoms with Crippen molar-refractivity contribution in [3.63, 3.8) is 0 Å². The second kappa shape index (κ2) is 7.70. The molecule has 150 valence electrons. The van der Waals surface area contributed by atoms with Crippen LogP contribution in [0.1, 0.15) is 19.8 Å². The Labute approximate surface area is 162 Å². The average Bonchev–Trinajstić information content (AvgIpc) is 3.10. The van der Waals surface area contributed by atoms with E-state index in [1.165, 1.54) is 4.90 Å². The van der Waals surface area contributed by atoms with Crippen LogP contribution in [0.2, 0.25) is 0 Å². The summed E-state index contributed by atoms with van der Waals surface area (Å²) in [5, 5.41) is 0. The van der Waals surface area contributed by atoms with Crippen molar-refractivity contribution in [2.45, 2.75) is 25.8 Å². The van der Waals surface area contributed by atoms with Gasteiger partial charge in [0.05, 0.1) is 17.5 Å². The van der Waals surface area contributed by atoms with Crippen molar-refractivity contribution in [3.8, 4) is 0 Å². The van der Waals surface area contributed by atoms with Gasteiger partial charge in [0.25, 0.3) is 0 Å². The summed E-state index contributed by atoms with van der Waals surface area (Å²) in [5.74, 6) is -2.82. The Bertz CT molecular complexity index is 915. The third kappa shape index (κ3) is 3.77. The van der Waals surface area contributed by atoms with E-state index in [9.17, 15) is 27.6 Å². The number of benzene rings is 1. The Morgan fingerprint density at radius 1 is 1.11 bits per heavy atom. The molecule has 0 aliphatic carbocycles. The summed E-state index contributed by atoms with van der Waals surface area (Å²) in [6.45, 7) is 1.24. The summed E-state index contributed by atoms with van der Waals surface area (Å²) >= 11 is 0. The van der Waals surface area contributed by atoms with Gasteiger partial charge in [-0.3, -0.25) is 19.3 Å². The molecule has 28 heavy (non-hydrogen) atoms. The average molecular weight is 407 g/mol. The van der Waals surface area contributed by atoms with Crippen molar-refractivity contribution in [1.29, 1.82) is 0 Å². The maximum absolute atomic E-state index is 13.0. The summed E-state index contributed by atoms with van der Waals surface area (Å²) in [6, 6.07) is 7.07. The van der Waals surface area contributed by atoms with Crippen molar-refractivity contribution >= 4 is 39.3 Å². The summed E-state index contributed by atoms with van der Waals surface area (Å²) in [5.41, 5.74) is 0.477. The van der Waals surface area contributed by atoms with Crippen LogP contribution >= 0.6 is 0 Å². The van der Waals surface area contributed by atoms with Gasteiger partial charge in [0.1, 0.15) is 6.54 Å². The molecule has 0 radical (unpaired) electrons. The van der Waals surface area contributed by atoms with Crippen LogP contribution in [0, 0.1) is 0 Å². The number of nitrogens with zero attached hydrogens (tertiary/aromatic N) is 3. The SMILES string of the molecule is CCCN1C(=O)C(=O)N(CC(=O)N(c2ccccc2)[C@H]2CCS(=O)(=O)C2)C1=O. The molecule has 9 nitrogen and oxygen atoms in total. The summed E-state index contributed by atoms with van der Waals surface area (Å²) in [7, 11) is -3.26. The topological polar surface area (TPSA) is 112 Å². The minimum Gasteiger partial charge on any atom is -0.307 e. The number of imide groups is 2. The van der Waals surface area contributed by atoms with Gasteiger partial charge in [-0.1, -0.05) is 25.1 Å². The van der Waals surface area contributed by atoms with E-state index >= 15 is 0 Å². The molecule has 1 atom stereocenters. The lowest BCUT2D eigenvalue weighted by atomic mass is 10.1. The van der Waals surface area contributed by atoms with Gasteiger partial charge in [0.15, 0.2) is 9.84 Å². The van der Waals surface area contributed by atoms with E-state index in [2.05, 4.69) is 0 Å². The van der Waals surface area contributed by atoms with Gasteiger partial charge in [-0.15, -0.1) is 0 Å². The van der Waals surface area contributed by atoms with E-state index < -0.39 is 46.2 Å². The van der Waals surface area contributed by atoms with Gasteiger partial charge in [0.2, 0.25) is 5.91 Å². The summed E-state index contributed by atoms with van der Waals surface area (Å²) < 4.78 is 23.8. The van der Waals surface area contributed by atoms with Crippen LogP contribution in [0.15, 0.2) is 30.3 Å². The second-order valence-electron chi connectivity index (χ2n) is 6.79. The zero-order chi connectivity index (χ0) is 20.5. The molecule has 2 saturated heterocycles. The van der Waals surface area contributed by atoms with Crippen molar-refractivity contribution < 1.29 is 27.6 Å². The fourth-order valence-electron chi connectivity index (χ4n) is 3.45. The second-order valence-corrected chi connectivity index (χ2v) is 9.02. The van der Waals surface area contributed by atoms with E-state index in [0.29, 0.717) is 17.0 Å². The molecular formula is C18H21N3O6S. The number of sulfone groups is 1. The Balaban J connectivity index is 1.85. The Morgan fingerprint density at radius 3 is 2.32 bits per heavy atom. The molecule has 2 aliphatic heterocycles. The van der Waals surface area contributed by atoms with E-state index in [1.807, 2.05) is 0 Å². The molecule has 0 unspecified atom stereocenters. The van der Waals surface area contributed by atoms with Gasteiger partial charge < -0.3 is 4.90 Å². The molecule has 10 heteroatoms.